The zero-order valence-corrected chi connectivity index (χ0v) is 7.16. The summed E-state index contributed by atoms with van der Waals surface area (Å²) in [6.07, 6.45) is 0. The van der Waals surface area contributed by atoms with Gasteiger partial charge in [0.2, 0.25) is 0 Å². The van der Waals surface area contributed by atoms with Crippen molar-refractivity contribution in [2.24, 2.45) is 11.5 Å². The molecule has 0 fully saturated rings. The Bertz CT molecular complexity index is 248. The van der Waals surface area contributed by atoms with E-state index in [2.05, 4.69) is 0 Å². The first-order chi connectivity index (χ1) is 5.74. The Morgan fingerprint density at radius 1 is 1.50 bits per heavy atom. The Morgan fingerprint density at radius 2 is 2.25 bits per heavy atom. The zero-order valence-electron chi connectivity index (χ0n) is 7.16. The van der Waals surface area contributed by atoms with Crippen LogP contribution in [0, 0.1) is 0 Å². The number of hydrogen-bond donors (Lipinski definition) is 2. The lowest BCUT2D eigenvalue weighted by atomic mass is 10.1. The van der Waals surface area contributed by atoms with E-state index in [1.165, 1.54) is 0 Å². The van der Waals surface area contributed by atoms with Crippen molar-refractivity contribution in [3.63, 3.8) is 0 Å². The molecule has 0 aliphatic carbocycles. The largest absolute Gasteiger partial charge is 0.479 e. The van der Waals surface area contributed by atoms with E-state index >= 15 is 0 Å². The summed E-state index contributed by atoms with van der Waals surface area (Å²) in [7, 11) is 0. The molecule has 0 aromatic heterocycles. The Hall–Kier alpha value is -1.06. The molecule has 0 saturated carbocycles. The molecule has 1 aromatic carbocycles. The molecule has 0 bridgehead atoms. The van der Waals surface area contributed by atoms with Gasteiger partial charge in [-0.25, -0.2) is 0 Å². The van der Waals surface area contributed by atoms with E-state index in [4.69, 9.17) is 16.2 Å². The molecule has 0 amide bonds. The third-order valence-corrected chi connectivity index (χ3v) is 1.63. The summed E-state index contributed by atoms with van der Waals surface area (Å²) in [5, 5.41) is 0. The topological polar surface area (TPSA) is 61.3 Å². The minimum absolute atomic E-state index is 0.0336. The van der Waals surface area contributed by atoms with Gasteiger partial charge in [0.15, 0.2) is 0 Å². The molecule has 0 radical (unpaired) electrons. The Kier molecular flexibility index (Phi) is 3.08. The van der Waals surface area contributed by atoms with Crippen molar-refractivity contribution < 1.29 is 4.74 Å². The van der Waals surface area contributed by atoms with Gasteiger partial charge in [0.25, 0.3) is 0 Å². The molecule has 1 aromatic rings. The molecule has 0 heterocycles. The molecular weight excluding hydrogens is 152 g/mol. The van der Waals surface area contributed by atoms with E-state index in [1.807, 2.05) is 31.2 Å². The van der Waals surface area contributed by atoms with Crippen LogP contribution in [0.4, 0.5) is 0 Å². The van der Waals surface area contributed by atoms with Gasteiger partial charge in [-0.3, -0.25) is 5.73 Å². The molecule has 1 rings (SSSR count). The molecule has 0 saturated heterocycles. The highest BCUT2D eigenvalue weighted by molar-refractivity contribution is 5.29. The van der Waals surface area contributed by atoms with E-state index in [0.29, 0.717) is 0 Å². The van der Waals surface area contributed by atoms with Crippen LogP contribution in [0.25, 0.3) is 0 Å². The Morgan fingerprint density at radius 3 is 2.83 bits per heavy atom. The van der Waals surface area contributed by atoms with Crippen molar-refractivity contribution >= 4 is 0 Å². The van der Waals surface area contributed by atoms with Crippen LogP contribution in [0.2, 0.25) is 0 Å². The molecule has 0 aliphatic rings. The van der Waals surface area contributed by atoms with Gasteiger partial charge < -0.3 is 10.5 Å². The first kappa shape index (κ1) is 9.03. The fraction of sp³-hybridized carbons (Fsp3) is 0.333. The summed E-state index contributed by atoms with van der Waals surface area (Å²) in [4.78, 5) is 0. The molecule has 0 spiro atoms. The highest BCUT2D eigenvalue weighted by Gasteiger charge is 1.99. The van der Waals surface area contributed by atoms with Crippen LogP contribution in [-0.2, 0) is 0 Å². The number of nitrogens with two attached hydrogens (primary N) is 2. The summed E-state index contributed by atoms with van der Waals surface area (Å²) >= 11 is 0. The van der Waals surface area contributed by atoms with E-state index < -0.39 is 0 Å². The molecule has 0 aliphatic heterocycles. The minimum atomic E-state index is 0.0336. The first-order valence-electron chi connectivity index (χ1n) is 3.92. The van der Waals surface area contributed by atoms with Crippen LogP contribution in [-0.4, -0.2) is 6.73 Å². The van der Waals surface area contributed by atoms with Crippen molar-refractivity contribution in [2.75, 3.05) is 6.73 Å². The summed E-state index contributed by atoms with van der Waals surface area (Å²) in [5.41, 5.74) is 12.0. The average Bonchev–Trinajstić information content (AvgIpc) is 2.05. The third-order valence-electron chi connectivity index (χ3n) is 1.63. The standard InChI is InChI=1S/C9H14N2O/c1-7(11)8-3-2-4-9(5-8)12-6-10/h2-5,7H,6,10-11H2,1H3/t7-/m1/s1. The lowest BCUT2D eigenvalue weighted by Crippen LogP contribution is -2.09. The van der Waals surface area contributed by atoms with Crippen molar-refractivity contribution in [3.8, 4) is 5.75 Å². The number of benzene rings is 1. The normalized spacial score (nSPS) is 12.6. The second kappa shape index (κ2) is 4.09. The zero-order chi connectivity index (χ0) is 8.97. The smallest absolute Gasteiger partial charge is 0.137 e. The molecule has 4 N–H and O–H groups in total. The Balaban J connectivity index is 2.81. The summed E-state index contributed by atoms with van der Waals surface area (Å²) in [5.74, 6) is 0.771. The second-order valence-electron chi connectivity index (χ2n) is 2.67. The van der Waals surface area contributed by atoms with Crippen LogP contribution in [0.1, 0.15) is 18.5 Å². The van der Waals surface area contributed by atoms with Gasteiger partial charge in [-0.2, -0.15) is 0 Å². The van der Waals surface area contributed by atoms with Crippen LogP contribution in [0.15, 0.2) is 24.3 Å². The van der Waals surface area contributed by atoms with Gasteiger partial charge in [0.05, 0.1) is 0 Å². The van der Waals surface area contributed by atoms with Gasteiger partial charge in [-0.15, -0.1) is 0 Å². The lowest BCUT2D eigenvalue weighted by molar-refractivity contribution is 0.329. The molecular formula is C9H14N2O. The second-order valence-corrected chi connectivity index (χ2v) is 2.67. The minimum Gasteiger partial charge on any atom is -0.479 e. The predicted molar refractivity (Wildman–Crippen MR) is 48.7 cm³/mol. The van der Waals surface area contributed by atoms with E-state index in [9.17, 15) is 0 Å². The van der Waals surface area contributed by atoms with Crippen LogP contribution in [0.3, 0.4) is 0 Å². The maximum atomic E-state index is 5.69. The molecule has 3 heteroatoms. The van der Waals surface area contributed by atoms with E-state index in [-0.39, 0.29) is 12.8 Å². The summed E-state index contributed by atoms with van der Waals surface area (Å²) < 4.78 is 5.12. The SMILES string of the molecule is C[C@@H](N)c1cccc(OCN)c1. The average molecular weight is 166 g/mol. The highest BCUT2D eigenvalue weighted by Crippen LogP contribution is 2.16. The van der Waals surface area contributed by atoms with Crippen molar-refractivity contribution in [1.82, 2.24) is 0 Å². The molecule has 66 valence electrons. The summed E-state index contributed by atoms with van der Waals surface area (Å²) in [6, 6.07) is 7.67. The number of ether oxygens (including phenoxy) is 1. The predicted octanol–water partition coefficient (Wildman–Crippen LogP) is 1.00. The fourth-order valence-electron chi connectivity index (χ4n) is 0.984. The number of hydrogen-bond acceptors (Lipinski definition) is 3. The fourth-order valence-corrected chi connectivity index (χ4v) is 0.984. The summed E-state index contributed by atoms with van der Waals surface area (Å²) in [6.45, 7) is 2.13. The van der Waals surface area contributed by atoms with Gasteiger partial charge in [0, 0.05) is 6.04 Å². The number of rotatable bonds is 3. The molecule has 3 nitrogen and oxygen atoms in total. The maximum Gasteiger partial charge on any atom is 0.137 e. The van der Waals surface area contributed by atoms with Crippen LogP contribution in [0.5, 0.6) is 5.75 Å². The maximum absolute atomic E-state index is 5.69. The van der Waals surface area contributed by atoms with Crippen LogP contribution >= 0.6 is 0 Å². The van der Waals surface area contributed by atoms with Crippen molar-refractivity contribution in [2.45, 2.75) is 13.0 Å². The molecule has 0 unspecified atom stereocenters. The van der Waals surface area contributed by atoms with E-state index in [1.54, 1.807) is 0 Å². The Labute approximate surface area is 72.3 Å². The first-order valence-corrected chi connectivity index (χ1v) is 3.92. The highest BCUT2D eigenvalue weighted by atomic mass is 16.5. The van der Waals surface area contributed by atoms with Crippen molar-refractivity contribution in [3.05, 3.63) is 29.8 Å². The van der Waals surface area contributed by atoms with Gasteiger partial charge in [-0.05, 0) is 24.6 Å². The molecule has 1 atom stereocenters. The van der Waals surface area contributed by atoms with Crippen molar-refractivity contribution in [1.29, 1.82) is 0 Å². The van der Waals surface area contributed by atoms with Gasteiger partial charge >= 0.3 is 0 Å². The third kappa shape index (κ3) is 2.22. The quantitative estimate of drug-likeness (QED) is 0.658. The lowest BCUT2D eigenvalue weighted by Gasteiger charge is -2.07. The molecule has 12 heavy (non-hydrogen) atoms. The van der Waals surface area contributed by atoms with Gasteiger partial charge in [-0.1, -0.05) is 12.1 Å². The van der Waals surface area contributed by atoms with Gasteiger partial charge in [0.1, 0.15) is 12.5 Å². The van der Waals surface area contributed by atoms with E-state index in [0.717, 1.165) is 11.3 Å². The van der Waals surface area contributed by atoms with Crippen LogP contribution < -0.4 is 16.2 Å². The monoisotopic (exact) mass is 166 g/mol.